The Kier molecular flexibility index (Phi) is 9.62. The molecule has 1 aliphatic rings. The van der Waals surface area contributed by atoms with E-state index in [9.17, 15) is 0 Å². The lowest BCUT2D eigenvalue weighted by Crippen LogP contribution is -2.28. The third-order valence-corrected chi connectivity index (χ3v) is 14.9. The van der Waals surface area contributed by atoms with Crippen LogP contribution in [-0.4, -0.2) is 9.97 Å². The van der Waals surface area contributed by atoms with E-state index in [-0.39, 0.29) is 0 Å². The van der Waals surface area contributed by atoms with E-state index in [4.69, 9.17) is 9.97 Å². The summed E-state index contributed by atoms with van der Waals surface area (Å²) in [6.07, 6.45) is 0. The van der Waals surface area contributed by atoms with Gasteiger partial charge in [0.25, 0.3) is 0 Å². The van der Waals surface area contributed by atoms with Gasteiger partial charge in [0.1, 0.15) is 0 Å². The normalized spacial score (nSPS) is 12.5. The van der Waals surface area contributed by atoms with Crippen LogP contribution in [0.2, 0.25) is 0 Å². The van der Waals surface area contributed by atoms with Crippen molar-refractivity contribution in [2.24, 2.45) is 0 Å². The quantitative estimate of drug-likeness (QED) is 0.152. The van der Waals surface area contributed by atoms with Gasteiger partial charge in [-0.3, -0.25) is 0 Å². The van der Waals surface area contributed by atoms with Crippen LogP contribution < -0.4 is 0 Å². The number of thiophene rings is 1. The average Bonchev–Trinajstić information content (AvgIpc) is 3.95. The first-order valence-corrected chi connectivity index (χ1v) is 24.0. The summed E-state index contributed by atoms with van der Waals surface area (Å²) in [4.78, 5) is 10.8. The minimum Gasteiger partial charge on any atom is -0.228 e. The van der Waals surface area contributed by atoms with Gasteiger partial charge in [-0.15, -0.1) is 11.3 Å². The van der Waals surface area contributed by atoms with Gasteiger partial charge in [-0.1, -0.05) is 206 Å². The summed E-state index contributed by atoms with van der Waals surface area (Å²) in [6.45, 7) is 0. The third-order valence-electron chi connectivity index (χ3n) is 13.8. The molecular formula is C65H42N2S. The minimum absolute atomic E-state index is 0.464. The molecule has 2 aromatic heterocycles. The van der Waals surface area contributed by atoms with Gasteiger partial charge in [0, 0.05) is 36.9 Å². The van der Waals surface area contributed by atoms with E-state index in [1.807, 2.05) is 17.4 Å². The summed E-state index contributed by atoms with van der Waals surface area (Å²) in [6, 6.07) is 92.5. The second kappa shape index (κ2) is 16.4. The largest absolute Gasteiger partial charge is 0.228 e. The Bertz CT molecular complexity index is 3800. The van der Waals surface area contributed by atoms with Gasteiger partial charge in [-0.25, -0.2) is 9.97 Å². The van der Waals surface area contributed by atoms with Crippen molar-refractivity contribution in [1.82, 2.24) is 9.97 Å². The lowest BCUT2D eigenvalue weighted by Gasteiger charge is -2.33. The molecule has 0 aliphatic heterocycles. The second-order valence-electron chi connectivity index (χ2n) is 17.6. The number of rotatable bonds is 8. The van der Waals surface area contributed by atoms with E-state index in [1.165, 1.54) is 53.6 Å². The molecule has 0 amide bonds. The number of hydrogen-bond acceptors (Lipinski definition) is 3. The van der Waals surface area contributed by atoms with E-state index in [1.54, 1.807) is 0 Å². The molecular weight excluding hydrogens is 841 g/mol. The van der Waals surface area contributed by atoms with Crippen molar-refractivity contribution in [2.75, 3.05) is 0 Å². The third kappa shape index (κ3) is 6.62. The molecule has 0 unspecified atom stereocenters. The van der Waals surface area contributed by atoms with Crippen LogP contribution in [0.15, 0.2) is 255 Å². The molecule has 0 radical (unpaired) electrons. The predicted octanol–water partition coefficient (Wildman–Crippen LogP) is 17.2. The maximum atomic E-state index is 5.40. The molecule has 0 atom stereocenters. The van der Waals surface area contributed by atoms with Crippen molar-refractivity contribution in [1.29, 1.82) is 0 Å². The molecule has 0 bridgehead atoms. The number of benzene rings is 10. The summed E-state index contributed by atoms with van der Waals surface area (Å²) in [5, 5.41) is 2.56. The van der Waals surface area contributed by atoms with E-state index in [0.29, 0.717) is 5.82 Å². The van der Waals surface area contributed by atoms with E-state index >= 15 is 0 Å². The number of nitrogens with zero attached hydrogens (tertiary/aromatic N) is 2. The lowest BCUT2D eigenvalue weighted by atomic mass is 9.67. The first kappa shape index (κ1) is 39.8. The Morgan fingerprint density at radius 2 is 0.809 bits per heavy atom. The maximum Gasteiger partial charge on any atom is 0.160 e. The molecule has 13 rings (SSSR count). The Morgan fingerprint density at radius 3 is 1.54 bits per heavy atom. The fraction of sp³-hybridized carbons (Fsp3) is 0.0154. The van der Waals surface area contributed by atoms with Gasteiger partial charge >= 0.3 is 0 Å². The first-order chi connectivity index (χ1) is 33.7. The molecule has 2 heterocycles. The van der Waals surface area contributed by atoms with Crippen LogP contribution in [0.3, 0.4) is 0 Å². The summed E-state index contributed by atoms with van der Waals surface area (Å²) in [5.74, 6) is 0.686. The number of hydrogen-bond donors (Lipinski definition) is 0. The summed E-state index contributed by atoms with van der Waals surface area (Å²) in [5.41, 5.74) is 18.8. The molecule has 3 heteroatoms. The van der Waals surface area contributed by atoms with Gasteiger partial charge in [0.05, 0.1) is 16.8 Å². The van der Waals surface area contributed by atoms with E-state index in [2.05, 4.69) is 249 Å². The molecule has 0 spiro atoms. The summed E-state index contributed by atoms with van der Waals surface area (Å²) in [7, 11) is 0. The van der Waals surface area contributed by atoms with Crippen LogP contribution in [0.1, 0.15) is 22.3 Å². The SMILES string of the molecule is c1ccc(-c2cc(-c3ccc4c(c3)-c3ccccc3C4(c3ccccc3)c3ccccc3)cc(-c3cc(-c4ccccc4-c4ccc5sc6ccccc6c5c4)nc(-c4ccccc4)n3)c2)cc1. The molecule has 12 aromatic rings. The maximum absolute atomic E-state index is 5.40. The molecule has 0 fully saturated rings. The molecule has 318 valence electrons. The fourth-order valence-electron chi connectivity index (χ4n) is 10.7. The smallest absolute Gasteiger partial charge is 0.160 e. The number of fused-ring (bicyclic) bond motifs is 6. The van der Waals surface area contributed by atoms with Gasteiger partial charge in [0.2, 0.25) is 0 Å². The first-order valence-electron chi connectivity index (χ1n) is 23.2. The zero-order valence-electron chi connectivity index (χ0n) is 37.1. The zero-order chi connectivity index (χ0) is 45.0. The van der Waals surface area contributed by atoms with Crippen molar-refractivity contribution >= 4 is 31.5 Å². The molecule has 68 heavy (non-hydrogen) atoms. The van der Waals surface area contributed by atoms with Crippen LogP contribution in [0.4, 0.5) is 0 Å². The minimum atomic E-state index is -0.464. The Balaban J connectivity index is 1.01. The van der Waals surface area contributed by atoms with Gasteiger partial charge in [-0.2, -0.15) is 0 Å². The highest BCUT2D eigenvalue weighted by Gasteiger charge is 2.46. The van der Waals surface area contributed by atoms with E-state index < -0.39 is 5.41 Å². The molecule has 2 nitrogen and oxygen atoms in total. The molecule has 1 aliphatic carbocycles. The van der Waals surface area contributed by atoms with Crippen LogP contribution in [-0.2, 0) is 5.41 Å². The van der Waals surface area contributed by atoms with Crippen molar-refractivity contribution in [2.45, 2.75) is 5.41 Å². The van der Waals surface area contributed by atoms with Crippen LogP contribution in [0.25, 0.3) is 98.6 Å². The molecule has 0 saturated carbocycles. The highest BCUT2D eigenvalue weighted by atomic mass is 32.1. The van der Waals surface area contributed by atoms with Crippen LogP contribution in [0, 0.1) is 0 Å². The fourth-order valence-corrected chi connectivity index (χ4v) is 11.8. The average molecular weight is 883 g/mol. The van der Waals surface area contributed by atoms with Gasteiger partial charge < -0.3 is 0 Å². The molecule has 0 N–H and O–H groups in total. The van der Waals surface area contributed by atoms with Gasteiger partial charge in [0.15, 0.2) is 5.82 Å². The number of aromatic nitrogens is 2. The predicted molar refractivity (Wildman–Crippen MR) is 285 cm³/mol. The van der Waals surface area contributed by atoms with Crippen LogP contribution >= 0.6 is 11.3 Å². The molecule has 0 saturated heterocycles. The Hall–Kier alpha value is -8.50. The second-order valence-corrected chi connectivity index (χ2v) is 18.7. The van der Waals surface area contributed by atoms with Crippen LogP contribution in [0.5, 0.6) is 0 Å². The van der Waals surface area contributed by atoms with E-state index in [0.717, 1.165) is 61.5 Å². The Morgan fingerprint density at radius 1 is 0.279 bits per heavy atom. The summed E-state index contributed by atoms with van der Waals surface area (Å²) >= 11 is 1.84. The topological polar surface area (TPSA) is 25.8 Å². The lowest BCUT2D eigenvalue weighted by molar-refractivity contribution is 0.768. The standard InChI is InChI=1S/C65H42N2S/c1-5-19-43(20-6-1)47-37-48(45-33-35-59-56(40-45)53-28-15-17-31-58(53)65(59,50-23-9-3-10-24-50)51-25-11-4-12-26-51)39-49(38-47)60-42-61(67-64(66-60)44-21-7-2-8-22-44)54-29-14-13-27-52(54)46-34-36-63-57(41-46)55-30-16-18-32-62(55)68-63/h1-42H. The highest BCUT2D eigenvalue weighted by molar-refractivity contribution is 7.25. The molecule has 10 aromatic carbocycles. The van der Waals surface area contributed by atoms with Gasteiger partial charge in [-0.05, 0) is 115 Å². The monoisotopic (exact) mass is 882 g/mol. The highest BCUT2D eigenvalue weighted by Crippen LogP contribution is 2.57. The zero-order valence-corrected chi connectivity index (χ0v) is 37.9. The summed E-state index contributed by atoms with van der Waals surface area (Å²) < 4.78 is 2.59. The van der Waals surface area contributed by atoms with Crippen molar-refractivity contribution in [3.05, 3.63) is 277 Å². The van der Waals surface area contributed by atoms with Crippen molar-refractivity contribution in [3.63, 3.8) is 0 Å². The van der Waals surface area contributed by atoms with Crippen molar-refractivity contribution < 1.29 is 0 Å². The van der Waals surface area contributed by atoms with Crippen molar-refractivity contribution in [3.8, 4) is 78.4 Å². The Labute approximate surface area is 400 Å².